The molecule has 112 valence electrons. The number of esters is 1. The van der Waals surface area contributed by atoms with Gasteiger partial charge < -0.3 is 15.8 Å². The van der Waals surface area contributed by atoms with Gasteiger partial charge in [0, 0.05) is 4.88 Å². The van der Waals surface area contributed by atoms with Gasteiger partial charge in [-0.05, 0) is 31.7 Å². The lowest BCUT2D eigenvalue weighted by atomic mass is 10.0. The lowest BCUT2D eigenvalue weighted by Gasteiger charge is -2.14. The van der Waals surface area contributed by atoms with E-state index in [-0.39, 0.29) is 5.91 Å². The van der Waals surface area contributed by atoms with E-state index in [4.69, 9.17) is 10.5 Å². The molecule has 0 saturated carbocycles. The van der Waals surface area contributed by atoms with E-state index in [1.165, 1.54) is 18.4 Å². The Kier molecular flexibility index (Phi) is 5.71. The molecule has 1 amide bonds. The molecule has 1 aromatic rings. The van der Waals surface area contributed by atoms with Crippen molar-refractivity contribution in [3.8, 4) is 0 Å². The Morgan fingerprint density at radius 2 is 1.95 bits per heavy atom. The quantitative estimate of drug-likeness (QED) is 0.818. The van der Waals surface area contributed by atoms with Crippen molar-refractivity contribution in [1.29, 1.82) is 0 Å². The SMILES string of the molecule is COC(=O)c1c(NC(=O)[C@@H](N)CC(C)C)sc(C)c1C. The number of ether oxygens (including phenoxy) is 1. The minimum Gasteiger partial charge on any atom is -0.465 e. The molecule has 5 nitrogen and oxygen atoms in total. The molecule has 0 saturated heterocycles. The Labute approximate surface area is 123 Å². The fraction of sp³-hybridized carbons (Fsp3) is 0.571. The number of amides is 1. The molecule has 0 aliphatic heterocycles. The van der Waals surface area contributed by atoms with Crippen molar-refractivity contribution >= 4 is 28.2 Å². The van der Waals surface area contributed by atoms with Crippen LogP contribution in [0, 0.1) is 19.8 Å². The first-order valence-corrected chi connectivity index (χ1v) is 7.34. The summed E-state index contributed by atoms with van der Waals surface area (Å²) in [4.78, 5) is 24.8. The fourth-order valence-corrected chi connectivity index (χ4v) is 2.93. The second-order valence-corrected chi connectivity index (χ2v) is 6.43. The first-order chi connectivity index (χ1) is 9.27. The van der Waals surface area contributed by atoms with Crippen molar-refractivity contribution in [3.63, 3.8) is 0 Å². The monoisotopic (exact) mass is 298 g/mol. The lowest BCUT2D eigenvalue weighted by molar-refractivity contribution is -0.117. The number of nitrogens with two attached hydrogens (primary N) is 1. The Morgan fingerprint density at radius 3 is 2.45 bits per heavy atom. The van der Waals surface area contributed by atoms with Gasteiger partial charge in [0.2, 0.25) is 5.91 Å². The lowest BCUT2D eigenvalue weighted by Crippen LogP contribution is -2.36. The molecule has 6 heteroatoms. The van der Waals surface area contributed by atoms with Crippen LogP contribution < -0.4 is 11.1 Å². The summed E-state index contributed by atoms with van der Waals surface area (Å²) >= 11 is 1.36. The third kappa shape index (κ3) is 3.80. The number of hydrogen-bond acceptors (Lipinski definition) is 5. The van der Waals surface area contributed by atoms with Crippen molar-refractivity contribution < 1.29 is 14.3 Å². The predicted molar refractivity (Wildman–Crippen MR) is 81.2 cm³/mol. The number of thiophene rings is 1. The average Bonchev–Trinajstić information content (AvgIpc) is 2.63. The van der Waals surface area contributed by atoms with Gasteiger partial charge in [0.1, 0.15) is 5.00 Å². The van der Waals surface area contributed by atoms with E-state index in [1.807, 2.05) is 27.7 Å². The number of nitrogens with one attached hydrogen (secondary N) is 1. The van der Waals surface area contributed by atoms with Gasteiger partial charge in [0.15, 0.2) is 0 Å². The minimum absolute atomic E-state index is 0.273. The van der Waals surface area contributed by atoms with Gasteiger partial charge in [-0.2, -0.15) is 0 Å². The zero-order valence-corrected chi connectivity index (χ0v) is 13.4. The third-order valence-electron chi connectivity index (χ3n) is 3.07. The van der Waals surface area contributed by atoms with Crippen LogP contribution >= 0.6 is 11.3 Å². The molecule has 0 unspecified atom stereocenters. The molecule has 1 rings (SSSR count). The number of carbonyl (C=O) groups excluding carboxylic acids is 2. The number of aryl methyl sites for hydroxylation is 1. The number of carbonyl (C=O) groups is 2. The molecule has 20 heavy (non-hydrogen) atoms. The number of methoxy groups -OCH3 is 1. The molecule has 1 heterocycles. The van der Waals surface area contributed by atoms with Crippen LogP contribution in [-0.2, 0) is 9.53 Å². The summed E-state index contributed by atoms with van der Waals surface area (Å²) in [6.45, 7) is 7.75. The van der Waals surface area contributed by atoms with E-state index in [0.717, 1.165) is 10.4 Å². The zero-order valence-electron chi connectivity index (χ0n) is 12.6. The Bertz CT molecular complexity index is 509. The molecular formula is C14H22N2O3S. The van der Waals surface area contributed by atoms with Crippen LogP contribution in [0.3, 0.4) is 0 Å². The Hall–Kier alpha value is -1.40. The molecule has 0 radical (unpaired) electrons. The summed E-state index contributed by atoms with van der Waals surface area (Å²) in [5, 5.41) is 3.26. The van der Waals surface area contributed by atoms with Gasteiger partial charge >= 0.3 is 5.97 Å². The third-order valence-corrected chi connectivity index (χ3v) is 4.20. The van der Waals surface area contributed by atoms with Crippen molar-refractivity contribution in [3.05, 3.63) is 16.0 Å². The number of anilines is 1. The average molecular weight is 298 g/mol. The molecule has 3 N–H and O–H groups in total. The van der Waals surface area contributed by atoms with E-state index in [9.17, 15) is 9.59 Å². The smallest absolute Gasteiger partial charge is 0.341 e. The second-order valence-electron chi connectivity index (χ2n) is 5.20. The first-order valence-electron chi connectivity index (χ1n) is 6.52. The summed E-state index contributed by atoms with van der Waals surface area (Å²) in [5.41, 5.74) is 7.09. The molecule has 0 aliphatic rings. The summed E-state index contributed by atoms with van der Waals surface area (Å²) < 4.78 is 4.76. The van der Waals surface area contributed by atoms with Crippen LogP contribution in [0.2, 0.25) is 0 Å². The number of rotatable bonds is 5. The van der Waals surface area contributed by atoms with E-state index in [1.54, 1.807) is 0 Å². The predicted octanol–water partition coefficient (Wildman–Crippen LogP) is 2.46. The van der Waals surface area contributed by atoms with Gasteiger partial charge in [-0.3, -0.25) is 4.79 Å². The number of hydrogen-bond donors (Lipinski definition) is 2. The highest BCUT2D eigenvalue weighted by Crippen LogP contribution is 2.33. The van der Waals surface area contributed by atoms with Gasteiger partial charge in [-0.1, -0.05) is 13.8 Å². The normalized spacial score (nSPS) is 12.3. The Morgan fingerprint density at radius 1 is 1.35 bits per heavy atom. The maximum absolute atomic E-state index is 12.1. The van der Waals surface area contributed by atoms with Crippen LogP contribution in [0.1, 0.15) is 41.1 Å². The summed E-state index contributed by atoms with van der Waals surface area (Å²) in [5.74, 6) is -0.382. The summed E-state index contributed by atoms with van der Waals surface area (Å²) in [6.07, 6.45) is 0.600. The molecule has 1 atom stereocenters. The zero-order chi connectivity index (χ0) is 15.4. The molecule has 0 spiro atoms. The Balaban J connectivity index is 2.95. The van der Waals surface area contributed by atoms with Crippen LogP contribution in [0.4, 0.5) is 5.00 Å². The van der Waals surface area contributed by atoms with E-state index >= 15 is 0 Å². The first kappa shape index (κ1) is 16.7. The molecule has 1 aromatic heterocycles. The van der Waals surface area contributed by atoms with Crippen molar-refractivity contribution in [2.24, 2.45) is 11.7 Å². The fourth-order valence-electron chi connectivity index (χ4n) is 1.88. The molecule has 0 fully saturated rings. The highest BCUT2D eigenvalue weighted by molar-refractivity contribution is 7.16. The van der Waals surface area contributed by atoms with Gasteiger partial charge in [-0.25, -0.2) is 4.79 Å². The maximum Gasteiger partial charge on any atom is 0.341 e. The topological polar surface area (TPSA) is 81.4 Å². The van der Waals surface area contributed by atoms with Crippen molar-refractivity contribution in [1.82, 2.24) is 0 Å². The van der Waals surface area contributed by atoms with Crippen molar-refractivity contribution in [2.45, 2.75) is 40.2 Å². The van der Waals surface area contributed by atoms with Gasteiger partial charge in [-0.15, -0.1) is 11.3 Å². The molecule has 0 aliphatic carbocycles. The van der Waals surface area contributed by atoms with Crippen LogP contribution in [0.15, 0.2) is 0 Å². The second kappa shape index (κ2) is 6.85. The van der Waals surface area contributed by atoms with E-state index in [2.05, 4.69) is 5.32 Å². The van der Waals surface area contributed by atoms with Crippen LogP contribution in [0.5, 0.6) is 0 Å². The standard InChI is InChI=1S/C14H22N2O3S/c1-7(2)6-10(15)12(17)16-13-11(14(18)19-5)8(3)9(4)20-13/h7,10H,6,15H2,1-5H3,(H,16,17)/t10-/m0/s1. The highest BCUT2D eigenvalue weighted by Gasteiger charge is 2.23. The van der Waals surface area contributed by atoms with Crippen molar-refractivity contribution in [2.75, 3.05) is 12.4 Å². The van der Waals surface area contributed by atoms with Gasteiger partial charge in [0.25, 0.3) is 0 Å². The van der Waals surface area contributed by atoms with E-state index in [0.29, 0.717) is 22.9 Å². The molecule has 0 bridgehead atoms. The summed E-state index contributed by atoms with van der Waals surface area (Å²) in [7, 11) is 1.32. The van der Waals surface area contributed by atoms with E-state index < -0.39 is 12.0 Å². The van der Waals surface area contributed by atoms with Crippen LogP contribution in [-0.4, -0.2) is 25.0 Å². The largest absolute Gasteiger partial charge is 0.465 e. The highest BCUT2D eigenvalue weighted by atomic mass is 32.1. The molecular weight excluding hydrogens is 276 g/mol. The van der Waals surface area contributed by atoms with Crippen LogP contribution in [0.25, 0.3) is 0 Å². The minimum atomic E-state index is -0.580. The maximum atomic E-state index is 12.1. The van der Waals surface area contributed by atoms with Gasteiger partial charge in [0.05, 0.1) is 18.7 Å². The summed E-state index contributed by atoms with van der Waals surface area (Å²) in [6, 6.07) is -0.580. The molecule has 0 aromatic carbocycles.